The molecule has 46 heavy (non-hydrogen) atoms. The molecule has 3 aromatic carbocycles. The normalized spacial score (nSPS) is 19.2. The average Bonchev–Trinajstić information content (AvgIpc) is 3.62. The summed E-state index contributed by atoms with van der Waals surface area (Å²) in [6, 6.07) is 16.9. The van der Waals surface area contributed by atoms with E-state index in [2.05, 4.69) is 15.6 Å². The fourth-order valence-corrected chi connectivity index (χ4v) is 5.89. The number of hydroxylamine groups is 3. The first-order valence-corrected chi connectivity index (χ1v) is 14.9. The molecule has 9 nitrogen and oxygen atoms in total. The van der Waals surface area contributed by atoms with Crippen LogP contribution < -0.4 is 26.9 Å². The van der Waals surface area contributed by atoms with Gasteiger partial charge in [-0.25, -0.2) is 18.2 Å². The van der Waals surface area contributed by atoms with Gasteiger partial charge < -0.3 is 26.9 Å². The second kappa shape index (κ2) is 12.1. The quantitative estimate of drug-likeness (QED) is 0.0626. The Morgan fingerprint density at radius 3 is 2.63 bits per heavy atom. The van der Waals surface area contributed by atoms with Gasteiger partial charge in [0.25, 0.3) is 5.91 Å². The number of nitrogens with one attached hydrogen (secondary N) is 2. The number of benzene rings is 3. The number of nitrogens with zero attached hydrogens (tertiary/aromatic N) is 3. The molecule has 4 unspecified atom stereocenters. The number of nitrogens with two attached hydrogens (primary N) is 2. The van der Waals surface area contributed by atoms with Crippen molar-refractivity contribution in [2.75, 3.05) is 38.2 Å². The summed E-state index contributed by atoms with van der Waals surface area (Å²) in [6.45, 7) is 2.06. The molecule has 1 aromatic heterocycles. The van der Waals surface area contributed by atoms with Gasteiger partial charge in [0.15, 0.2) is 12.8 Å². The molecule has 0 radical (unpaired) electrons. The average molecular weight is 631 g/mol. The van der Waals surface area contributed by atoms with Crippen molar-refractivity contribution in [2.24, 2.45) is 10.7 Å². The standard InChI is InChI=1S/C34H34F3N7O2/c1-18(35)41-15-22-9-20(11-29(40-2)31(22)39)34(45)42-16-25(19-7-5-4-6-8-19)28-12-24-30-17-44(30,3)46-33(24)32(43-28)23-10-21(14-38)26(36)13-27(23)37/h4-13,15,18,25,30,40H,14,16-17,38H2,1-3H3,(H2-,39,41,42,45)/p+1. The van der Waals surface area contributed by atoms with Crippen LogP contribution in [0.5, 0.6) is 5.75 Å². The summed E-state index contributed by atoms with van der Waals surface area (Å²) in [7, 11) is 3.61. The lowest BCUT2D eigenvalue weighted by atomic mass is 9.92. The number of aromatic nitrogens is 1. The lowest BCUT2D eigenvalue weighted by Crippen LogP contribution is -2.29. The Kier molecular flexibility index (Phi) is 8.17. The van der Waals surface area contributed by atoms with Gasteiger partial charge in [0.1, 0.15) is 24.4 Å². The lowest BCUT2D eigenvalue weighted by molar-refractivity contribution is -0.963. The van der Waals surface area contributed by atoms with Crippen LogP contribution in [0.25, 0.3) is 11.3 Å². The van der Waals surface area contributed by atoms with Crippen LogP contribution in [0.3, 0.4) is 0 Å². The molecule has 1 amide bonds. The third-order valence-corrected chi connectivity index (χ3v) is 8.54. The molecule has 0 spiro atoms. The second-order valence-electron chi connectivity index (χ2n) is 11.7. The SMILES string of the molecule is CNc1cc(C(=O)NCC(c2ccccc2)c2cc3c(c(-c4cc(CN)c(F)cc4F)n2)O[N+]2(C)CC32)cc(/C=N/C(C)F)c1N. The van der Waals surface area contributed by atoms with E-state index >= 15 is 4.39 Å². The van der Waals surface area contributed by atoms with Gasteiger partial charge >= 0.3 is 0 Å². The van der Waals surface area contributed by atoms with Crippen LogP contribution in [0.2, 0.25) is 0 Å². The molecule has 4 atom stereocenters. The summed E-state index contributed by atoms with van der Waals surface area (Å²) in [5.41, 5.74) is 16.3. The Bertz CT molecular complexity index is 1850. The minimum absolute atomic E-state index is 0.0425. The highest BCUT2D eigenvalue weighted by atomic mass is 19.1. The Morgan fingerprint density at radius 1 is 1.17 bits per heavy atom. The van der Waals surface area contributed by atoms with E-state index in [1.54, 1.807) is 19.2 Å². The van der Waals surface area contributed by atoms with Crippen molar-refractivity contribution < 1.29 is 27.4 Å². The predicted molar refractivity (Wildman–Crippen MR) is 171 cm³/mol. The molecule has 0 saturated carbocycles. The molecule has 12 heteroatoms. The molecule has 238 valence electrons. The molecular formula is C34H35F3N7O2+. The maximum Gasteiger partial charge on any atom is 0.251 e. The van der Waals surface area contributed by atoms with Crippen LogP contribution in [0.1, 0.15) is 57.2 Å². The van der Waals surface area contributed by atoms with E-state index in [1.165, 1.54) is 19.2 Å². The van der Waals surface area contributed by atoms with Crippen LogP contribution in [0, 0.1) is 11.6 Å². The molecule has 0 bridgehead atoms. The monoisotopic (exact) mass is 630 g/mol. The van der Waals surface area contributed by atoms with E-state index in [9.17, 15) is 13.6 Å². The Morgan fingerprint density at radius 2 is 1.93 bits per heavy atom. The minimum Gasteiger partial charge on any atom is -0.397 e. The smallest absolute Gasteiger partial charge is 0.251 e. The summed E-state index contributed by atoms with van der Waals surface area (Å²) in [5, 5.41) is 5.97. The molecule has 3 heterocycles. The predicted octanol–water partition coefficient (Wildman–Crippen LogP) is 5.21. The van der Waals surface area contributed by atoms with Gasteiger partial charge in [-0.2, -0.15) is 0 Å². The summed E-state index contributed by atoms with van der Waals surface area (Å²) in [6.07, 6.45) is -0.133. The van der Waals surface area contributed by atoms with Crippen molar-refractivity contribution in [2.45, 2.75) is 31.7 Å². The van der Waals surface area contributed by atoms with E-state index in [0.29, 0.717) is 38.6 Å². The third kappa shape index (κ3) is 5.77. The zero-order valence-electron chi connectivity index (χ0n) is 25.7. The van der Waals surface area contributed by atoms with Gasteiger partial charge in [0.2, 0.25) is 11.8 Å². The van der Waals surface area contributed by atoms with Crippen LogP contribution in [-0.4, -0.2) is 55.2 Å². The number of pyridine rings is 1. The zero-order valence-corrected chi connectivity index (χ0v) is 25.7. The van der Waals surface area contributed by atoms with Gasteiger partial charge in [0, 0.05) is 60.6 Å². The number of alkyl halides is 1. The van der Waals surface area contributed by atoms with Crippen molar-refractivity contribution in [3.05, 3.63) is 106 Å². The summed E-state index contributed by atoms with van der Waals surface area (Å²) >= 11 is 0. The highest BCUT2D eigenvalue weighted by molar-refractivity contribution is 6.01. The fourth-order valence-electron chi connectivity index (χ4n) is 5.89. The van der Waals surface area contributed by atoms with E-state index in [-0.39, 0.29) is 36.0 Å². The first-order chi connectivity index (χ1) is 22.0. The molecule has 2 aliphatic heterocycles. The first kappa shape index (κ1) is 31.1. The molecule has 0 aliphatic carbocycles. The van der Waals surface area contributed by atoms with E-state index in [1.807, 2.05) is 43.4 Å². The first-order valence-electron chi connectivity index (χ1n) is 14.9. The van der Waals surface area contributed by atoms with Gasteiger partial charge in [-0.05, 0) is 36.8 Å². The van der Waals surface area contributed by atoms with Crippen LogP contribution in [0.4, 0.5) is 24.5 Å². The lowest BCUT2D eigenvalue weighted by Gasteiger charge is -2.21. The third-order valence-electron chi connectivity index (χ3n) is 8.54. The summed E-state index contributed by atoms with van der Waals surface area (Å²) < 4.78 is 43.5. The fraction of sp³-hybridized carbons (Fsp3) is 0.265. The highest BCUT2D eigenvalue weighted by Gasteiger charge is 2.64. The van der Waals surface area contributed by atoms with E-state index in [4.69, 9.17) is 21.3 Å². The number of halogens is 3. The van der Waals surface area contributed by atoms with E-state index < -0.39 is 29.8 Å². The number of anilines is 2. The van der Waals surface area contributed by atoms with E-state index in [0.717, 1.165) is 23.7 Å². The Balaban J connectivity index is 1.40. The van der Waals surface area contributed by atoms with Gasteiger partial charge in [-0.15, -0.1) is 4.65 Å². The Hall–Kier alpha value is -4.94. The molecule has 4 aromatic rings. The maximum atomic E-state index is 15.4. The number of likely N-dealkylation sites (N-methyl/N-ethyl adjacent to an activating group) is 1. The molecule has 6 N–H and O–H groups in total. The van der Waals surface area contributed by atoms with Crippen LogP contribution in [0.15, 0.2) is 65.7 Å². The van der Waals surface area contributed by atoms with Gasteiger partial charge in [0.05, 0.1) is 22.6 Å². The molecule has 6 rings (SSSR count). The van der Waals surface area contributed by atoms with Crippen molar-refractivity contribution in [3.63, 3.8) is 0 Å². The van der Waals surface area contributed by atoms with Crippen molar-refractivity contribution in [3.8, 4) is 17.0 Å². The molecule has 2 aliphatic rings. The number of fused-ring (bicyclic) bond motifs is 3. The number of hydrogen-bond acceptors (Lipinski definition) is 7. The second-order valence-corrected chi connectivity index (χ2v) is 11.7. The number of amides is 1. The maximum absolute atomic E-state index is 15.4. The van der Waals surface area contributed by atoms with Crippen molar-refractivity contribution in [1.82, 2.24) is 10.3 Å². The van der Waals surface area contributed by atoms with Gasteiger partial charge in [-0.1, -0.05) is 30.3 Å². The summed E-state index contributed by atoms with van der Waals surface area (Å²) in [5.74, 6) is -1.90. The number of hydrogen-bond donors (Lipinski definition) is 4. The minimum atomic E-state index is -1.44. The number of rotatable bonds is 10. The summed E-state index contributed by atoms with van der Waals surface area (Å²) in [4.78, 5) is 28.5. The van der Waals surface area contributed by atoms with Crippen LogP contribution >= 0.6 is 0 Å². The number of carbonyl (C=O) groups is 1. The van der Waals surface area contributed by atoms with Gasteiger partial charge in [-0.3, -0.25) is 9.79 Å². The van der Waals surface area contributed by atoms with Crippen molar-refractivity contribution >= 4 is 23.5 Å². The topological polar surface area (TPSA) is 128 Å². The molecule has 1 fully saturated rings. The zero-order chi connectivity index (χ0) is 32.7. The Labute approximate surface area is 264 Å². The number of nitrogen functional groups attached to an aromatic ring is 1. The highest BCUT2D eigenvalue weighted by Crippen LogP contribution is 2.56. The largest absolute Gasteiger partial charge is 0.397 e. The molecule has 1 saturated heterocycles. The number of quaternary nitrogens is 1. The molecular weight excluding hydrogens is 595 g/mol. The van der Waals surface area contributed by atoms with Crippen molar-refractivity contribution in [1.29, 1.82) is 0 Å². The number of aliphatic imine (C=N–C) groups is 1. The van der Waals surface area contributed by atoms with Crippen LogP contribution in [-0.2, 0) is 6.54 Å². The number of carbonyl (C=O) groups excluding carboxylic acids is 1.